The van der Waals surface area contributed by atoms with Gasteiger partial charge in [-0.3, -0.25) is 0 Å². The van der Waals surface area contributed by atoms with Crippen LogP contribution in [0.1, 0.15) is 11.6 Å². The lowest BCUT2D eigenvalue weighted by Crippen LogP contribution is -2.38. The van der Waals surface area contributed by atoms with Gasteiger partial charge in [0.05, 0.1) is 33.0 Å². The van der Waals surface area contributed by atoms with Crippen LogP contribution in [-0.4, -0.2) is 33.0 Å². The number of rotatable bonds is 3. The molecule has 1 aromatic carbocycles. The van der Waals surface area contributed by atoms with E-state index in [2.05, 4.69) is 0 Å². The Balaban J connectivity index is 2.21. The van der Waals surface area contributed by atoms with Crippen molar-refractivity contribution in [2.75, 3.05) is 26.9 Å². The largest absolute Gasteiger partial charge is 0.496 e. The molecule has 94 valence electrons. The second-order valence-corrected chi connectivity index (χ2v) is 3.90. The zero-order chi connectivity index (χ0) is 12.3. The molecule has 1 aromatic rings. The van der Waals surface area contributed by atoms with Crippen molar-refractivity contribution in [1.29, 1.82) is 0 Å². The van der Waals surface area contributed by atoms with Crippen molar-refractivity contribution in [3.63, 3.8) is 0 Å². The molecule has 2 rings (SSSR count). The van der Waals surface area contributed by atoms with Gasteiger partial charge < -0.3 is 19.9 Å². The summed E-state index contributed by atoms with van der Waals surface area (Å²) in [4.78, 5) is 0. The Morgan fingerprint density at radius 3 is 2.94 bits per heavy atom. The zero-order valence-corrected chi connectivity index (χ0v) is 9.69. The van der Waals surface area contributed by atoms with Gasteiger partial charge in [0.1, 0.15) is 17.7 Å². The fraction of sp³-hybridized carbons (Fsp3) is 0.500. The molecule has 1 saturated heterocycles. The number of methoxy groups -OCH3 is 1. The molecule has 0 amide bonds. The molecule has 1 aliphatic rings. The van der Waals surface area contributed by atoms with E-state index in [1.807, 2.05) is 0 Å². The predicted molar refractivity (Wildman–Crippen MR) is 60.4 cm³/mol. The van der Waals surface area contributed by atoms with Crippen molar-refractivity contribution in [3.05, 3.63) is 29.6 Å². The van der Waals surface area contributed by atoms with E-state index in [0.717, 1.165) is 0 Å². The minimum Gasteiger partial charge on any atom is -0.496 e. The van der Waals surface area contributed by atoms with E-state index < -0.39 is 6.04 Å². The second-order valence-electron chi connectivity index (χ2n) is 3.90. The van der Waals surface area contributed by atoms with Crippen LogP contribution >= 0.6 is 0 Å². The molecule has 1 heterocycles. The molecule has 1 fully saturated rings. The predicted octanol–water partition coefficient (Wildman–Crippen LogP) is 1.25. The van der Waals surface area contributed by atoms with Crippen LogP contribution in [0.2, 0.25) is 0 Å². The Labute approximate surface area is 99.5 Å². The Morgan fingerprint density at radius 1 is 1.47 bits per heavy atom. The summed E-state index contributed by atoms with van der Waals surface area (Å²) in [7, 11) is 1.53. The van der Waals surface area contributed by atoms with Crippen molar-refractivity contribution in [2.45, 2.75) is 12.1 Å². The fourth-order valence-corrected chi connectivity index (χ4v) is 1.88. The number of hydrogen-bond donors (Lipinski definition) is 1. The van der Waals surface area contributed by atoms with E-state index in [0.29, 0.717) is 31.1 Å². The lowest BCUT2D eigenvalue weighted by atomic mass is 10.0. The van der Waals surface area contributed by atoms with Crippen molar-refractivity contribution in [1.82, 2.24) is 0 Å². The highest BCUT2D eigenvalue weighted by Crippen LogP contribution is 2.28. The maximum absolute atomic E-state index is 13.2. The summed E-state index contributed by atoms with van der Waals surface area (Å²) in [6.45, 7) is 1.50. The molecule has 0 bridgehead atoms. The van der Waals surface area contributed by atoms with Crippen LogP contribution in [0.5, 0.6) is 5.75 Å². The minimum atomic E-state index is -0.457. The summed E-state index contributed by atoms with van der Waals surface area (Å²) in [5, 5.41) is 0. The highest BCUT2D eigenvalue weighted by atomic mass is 19.1. The number of benzene rings is 1. The average Bonchev–Trinajstić information content (AvgIpc) is 2.39. The summed E-state index contributed by atoms with van der Waals surface area (Å²) < 4.78 is 29.2. The normalized spacial score (nSPS) is 22.2. The maximum atomic E-state index is 13.2. The molecule has 1 aliphatic heterocycles. The van der Waals surface area contributed by atoms with Gasteiger partial charge in [0, 0.05) is 5.56 Å². The highest BCUT2D eigenvalue weighted by Gasteiger charge is 2.26. The van der Waals surface area contributed by atoms with Gasteiger partial charge in [-0.05, 0) is 18.2 Å². The third-order valence-corrected chi connectivity index (χ3v) is 2.79. The average molecular weight is 241 g/mol. The van der Waals surface area contributed by atoms with Crippen molar-refractivity contribution in [2.24, 2.45) is 5.73 Å². The smallest absolute Gasteiger partial charge is 0.123 e. The molecule has 17 heavy (non-hydrogen) atoms. The summed E-state index contributed by atoms with van der Waals surface area (Å²) in [5.41, 5.74) is 6.66. The van der Waals surface area contributed by atoms with E-state index >= 15 is 0 Å². The third kappa shape index (κ3) is 2.74. The van der Waals surface area contributed by atoms with Gasteiger partial charge in [0.2, 0.25) is 0 Å². The molecule has 0 aromatic heterocycles. The molecule has 0 saturated carbocycles. The van der Waals surface area contributed by atoms with Crippen molar-refractivity contribution in [3.8, 4) is 5.75 Å². The Hall–Kier alpha value is -1.17. The summed E-state index contributed by atoms with van der Waals surface area (Å²) in [6, 6.07) is 3.82. The molecule has 2 N–H and O–H groups in total. The first kappa shape index (κ1) is 12.3. The van der Waals surface area contributed by atoms with Crippen LogP contribution < -0.4 is 10.5 Å². The van der Waals surface area contributed by atoms with Crippen LogP contribution in [0.15, 0.2) is 18.2 Å². The first-order valence-electron chi connectivity index (χ1n) is 5.50. The highest BCUT2D eigenvalue weighted by molar-refractivity contribution is 5.37. The van der Waals surface area contributed by atoms with Crippen molar-refractivity contribution < 1.29 is 18.6 Å². The van der Waals surface area contributed by atoms with E-state index in [1.165, 1.54) is 19.2 Å². The summed E-state index contributed by atoms with van der Waals surface area (Å²) >= 11 is 0. The van der Waals surface area contributed by atoms with Gasteiger partial charge in [-0.15, -0.1) is 0 Å². The minimum absolute atomic E-state index is 0.264. The van der Waals surface area contributed by atoms with E-state index in [-0.39, 0.29) is 11.9 Å². The molecule has 4 nitrogen and oxygen atoms in total. The van der Waals surface area contributed by atoms with Gasteiger partial charge in [0.15, 0.2) is 0 Å². The monoisotopic (exact) mass is 241 g/mol. The molecule has 0 spiro atoms. The topological polar surface area (TPSA) is 53.7 Å². The van der Waals surface area contributed by atoms with Gasteiger partial charge in [-0.1, -0.05) is 0 Å². The van der Waals surface area contributed by atoms with Crippen LogP contribution in [-0.2, 0) is 9.47 Å². The maximum Gasteiger partial charge on any atom is 0.123 e. The Bertz CT molecular complexity index is 380. The summed E-state index contributed by atoms with van der Waals surface area (Å²) in [5.74, 6) is 0.223. The third-order valence-electron chi connectivity index (χ3n) is 2.79. The number of nitrogens with two attached hydrogens (primary N) is 1. The summed E-state index contributed by atoms with van der Waals surface area (Å²) in [6.07, 6.45) is -0.264. The van der Waals surface area contributed by atoms with Gasteiger partial charge >= 0.3 is 0 Å². The number of halogens is 1. The lowest BCUT2D eigenvalue weighted by Gasteiger charge is -2.28. The van der Waals surface area contributed by atoms with Crippen LogP contribution in [0, 0.1) is 5.82 Å². The van der Waals surface area contributed by atoms with Crippen LogP contribution in [0.25, 0.3) is 0 Å². The standard InChI is InChI=1S/C12H16FNO3/c1-15-10-3-2-8(13)6-9(10)12(14)11-7-16-4-5-17-11/h2-3,6,11-12H,4-5,7,14H2,1H3. The molecule has 5 heteroatoms. The SMILES string of the molecule is COc1ccc(F)cc1C(N)C1COCCO1. The quantitative estimate of drug-likeness (QED) is 0.865. The Morgan fingerprint density at radius 2 is 2.29 bits per heavy atom. The van der Waals surface area contributed by atoms with Gasteiger partial charge in [-0.25, -0.2) is 4.39 Å². The van der Waals surface area contributed by atoms with E-state index in [1.54, 1.807) is 6.07 Å². The molecule has 2 atom stereocenters. The number of hydrogen-bond acceptors (Lipinski definition) is 4. The number of ether oxygens (including phenoxy) is 3. The molecule has 0 aliphatic carbocycles. The van der Waals surface area contributed by atoms with E-state index in [4.69, 9.17) is 19.9 Å². The second kappa shape index (κ2) is 5.44. The van der Waals surface area contributed by atoms with Crippen LogP contribution in [0.3, 0.4) is 0 Å². The molecular formula is C12H16FNO3. The van der Waals surface area contributed by atoms with Gasteiger partial charge in [-0.2, -0.15) is 0 Å². The zero-order valence-electron chi connectivity index (χ0n) is 9.69. The molecule has 0 radical (unpaired) electrons. The lowest BCUT2D eigenvalue weighted by molar-refractivity contribution is -0.0977. The van der Waals surface area contributed by atoms with Gasteiger partial charge in [0.25, 0.3) is 0 Å². The van der Waals surface area contributed by atoms with E-state index in [9.17, 15) is 4.39 Å². The van der Waals surface area contributed by atoms with Crippen LogP contribution in [0.4, 0.5) is 4.39 Å². The fourth-order valence-electron chi connectivity index (χ4n) is 1.88. The molecule has 2 unspecified atom stereocenters. The first-order chi connectivity index (χ1) is 8.22. The Kier molecular flexibility index (Phi) is 3.93. The van der Waals surface area contributed by atoms with Crippen molar-refractivity contribution >= 4 is 0 Å². The first-order valence-corrected chi connectivity index (χ1v) is 5.50. The molecular weight excluding hydrogens is 225 g/mol.